The molecular formula is C17H18N4O2. The zero-order valence-corrected chi connectivity index (χ0v) is 13.2. The smallest absolute Gasteiger partial charge is 0.267 e. The molecule has 0 fully saturated rings. The standard InChI is InChI=1S/C17H18N4O2/c1-3-21-17(23)14-7-5-4-6-13(14)15(20-21)16(22)19-18-12-9-8-11(2)10-12/h4-7,10H,3,8-9H2,1-2H3,(H,19,22)/b18-12-. The highest BCUT2D eigenvalue weighted by atomic mass is 16.2. The molecule has 23 heavy (non-hydrogen) atoms. The van der Waals surface area contributed by atoms with Crippen molar-refractivity contribution in [2.45, 2.75) is 33.2 Å². The Bertz CT molecular complexity index is 893. The minimum Gasteiger partial charge on any atom is -0.267 e. The van der Waals surface area contributed by atoms with Crippen LogP contribution in [-0.2, 0) is 6.54 Å². The van der Waals surface area contributed by atoms with Crippen LogP contribution in [0.2, 0.25) is 0 Å². The van der Waals surface area contributed by atoms with Gasteiger partial charge in [-0.25, -0.2) is 10.1 Å². The molecule has 1 aromatic heterocycles. The molecule has 0 bridgehead atoms. The molecule has 1 aliphatic rings. The van der Waals surface area contributed by atoms with Gasteiger partial charge in [-0.1, -0.05) is 23.8 Å². The second-order valence-electron chi connectivity index (χ2n) is 5.55. The topological polar surface area (TPSA) is 76.3 Å². The maximum absolute atomic E-state index is 12.5. The van der Waals surface area contributed by atoms with Crippen molar-refractivity contribution in [2.24, 2.45) is 5.10 Å². The van der Waals surface area contributed by atoms with Crippen molar-refractivity contribution >= 4 is 22.4 Å². The summed E-state index contributed by atoms with van der Waals surface area (Å²) in [5.74, 6) is -0.408. The number of aryl methyl sites for hydroxylation is 1. The van der Waals surface area contributed by atoms with Gasteiger partial charge in [-0.15, -0.1) is 0 Å². The summed E-state index contributed by atoms with van der Waals surface area (Å²) in [5.41, 5.74) is 4.67. The summed E-state index contributed by atoms with van der Waals surface area (Å²) < 4.78 is 1.30. The second kappa shape index (κ2) is 6.16. The fourth-order valence-electron chi connectivity index (χ4n) is 2.63. The van der Waals surface area contributed by atoms with Crippen molar-refractivity contribution < 1.29 is 4.79 Å². The number of nitrogens with zero attached hydrogens (tertiary/aromatic N) is 3. The van der Waals surface area contributed by atoms with Crippen LogP contribution < -0.4 is 11.0 Å². The molecule has 0 aliphatic heterocycles. The number of aromatic nitrogens is 2. The Balaban J connectivity index is 2.00. The number of benzene rings is 1. The van der Waals surface area contributed by atoms with Crippen LogP contribution in [0.15, 0.2) is 45.8 Å². The molecule has 2 aromatic rings. The molecule has 1 aromatic carbocycles. The van der Waals surface area contributed by atoms with Crippen molar-refractivity contribution in [3.8, 4) is 0 Å². The fraction of sp³-hybridized carbons (Fsp3) is 0.294. The van der Waals surface area contributed by atoms with Gasteiger partial charge in [0.25, 0.3) is 11.5 Å². The number of hydrogen-bond acceptors (Lipinski definition) is 4. The first-order valence-corrected chi connectivity index (χ1v) is 7.64. The number of carbonyl (C=O) groups excluding carboxylic acids is 1. The number of nitrogens with one attached hydrogen (secondary N) is 1. The van der Waals surface area contributed by atoms with Gasteiger partial charge in [-0.3, -0.25) is 9.59 Å². The lowest BCUT2D eigenvalue weighted by atomic mass is 10.1. The Hall–Kier alpha value is -2.76. The molecular weight excluding hydrogens is 292 g/mol. The van der Waals surface area contributed by atoms with Gasteiger partial charge in [-0.2, -0.15) is 10.2 Å². The van der Waals surface area contributed by atoms with Crippen molar-refractivity contribution in [2.75, 3.05) is 0 Å². The van der Waals surface area contributed by atoms with Crippen LogP contribution in [0.1, 0.15) is 37.2 Å². The number of rotatable bonds is 3. The maximum Gasteiger partial charge on any atom is 0.292 e. The van der Waals surface area contributed by atoms with Crippen molar-refractivity contribution in [1.29, 1.82) is 0 Å². The van der Waals surface area contributed by atoms with Crippen LogP contribution in [0, 0.1) is 0 Å². The molecule has 0 atom stereocenters. The van der Waals surface area contributed by atoms with E-state index in [4.69, 9.17) is 0 Å². The van der Waals surface area contributed by atoms with Gasteiger partial charge in [0.05, 0.1) is 11.1 Å². The number of fused-ring (bicyclic) bond motifs is 1. The molecule has 118 valence electrons. The van der Waals surface area contributed by atoms with Crippen molar-refractivity contribution in [1.82, 2.24) is 15.2 Å². The first-order valence-electron chi connectivity index (χ1n) is 7.64. The first kappa shape index (κ1) is 15.1. The van der Waals surface area contributed by atoms with E-state index >= 15 is 0 Å². The van der Waals surface area contributed by atoms with Gasteiger partial charge in [0.15, 0.2) is 5.69 Å². The molecule has 1 aliphatic carbocycles. The van der Waals surface area contributed by atoms with Gasteiger partial charge >= 0.3 is 0 Å². The molecule has 1 N–H and O–H groups in total. The predicted octanol–water partition coefficient (Wildman–Crippen LogP) is 2.24. The van der Waals surface area contributed by atoms with E-state index in [1.165, 1.54) is 10.3 Å². The third kappa shape index (κ3) is 2.92. The molecule has 0 spiro atoms. The highest BCUT2D eigenvalue weighted by Gasteiger charge is 2.16. The van der Waals surface area contributed by atoms with Crippen molar-refractivity contribution in [3.05, 3.63) is 52.0 Å². The summed E-state index contributed by atoms with van der Waals surface area (Å²) in [5, 5.41) is 9.36. The molecule has 1 amide bonds. The van der Waals surface area contributed by atoms with Crippen molar-refractivity contribution in [3.63, 3.8) is 0 Å². The zero-order valence-electron chi connectivity index (χ0n) is 13.2. The Kier molecular flexibility index (Phi) is 4.06. The average molecular weight is 310 g/mol. The summed E-state index contributed by atoms with van der Waals surface area (Å²) in [4.78, 5) is 24.7. The number of hydrazone groups is 1. The number of hydrogen-bond donors (Lipinski definition) is 1. The molecule has 0 radical (unpaired) electrons. The molecule has 6 nitrogen and oxygen atoms in total. The summed E-state index contributed by atoms with van der Waals surface area (Å²) in [6, 6.07) is 6.99. The van der Waals surface area contributed by atoms with E-state index in [-0.39, 0.29) is 11.3 Å². The normalized spacial score (nSPS) is 15.9. The van der Waals surface area contributed by atoms with Crippen LogP contribution in [-0.4, -0.2) is 21.4 Å². The summed E-state index contributed by atoms with van der Waals surface area (Å²) >= 11 is 0. The third-order valence-corrected chi connectivity index (χ3v) is 3.87. The largest absolute Gasteiger partial charge is 0.292 e. The Morgan fingerprint density at radius 1 is 1.30 bits per heavy atom. The van der Waals surface area contributed by atoms with Gasteiger partial charge in [0.1, 0.15) is 0 Å². The fourth-order valence-corrected chi connectivity index (χ4v) is 2.63. The van der Waals surface area contributed by atoms with Crippen LogP contribution in [0.5, 0.6) is 0 Å². The van der Waals surface area contributed by atoms with E-state index in [2.05, 4.69) is 15.6 Å². The van der Waals surface area contributed by atoms with Gasteiger partial charge in [-0.05, 0) is 38.8 Å². The Labute approximate surface area is 133 Å². The lowest BCUT2D eigenvalue weighted by Crippen LogP contribution is -2.28. The second-order valence-corrected chi connectivity index (χ2v) is 5.55. The van der Waals surface area contributed by atoms with Crippen LogP contribution >= 0.6 is 0 Å². The Morgan fingerprint density at radius 2 is 2.04 bits per heavy atom. The monoisotopic (exact) mass is 310 g/mol. The number of allylic oxidation sites excluding steroid dienone is 2. The number of amides is 1. The highest BCUT2D eigenvalue weighted by Crippen LogP contribution is 2.15. The lowest BCUT2D eigenvalue weighted by molar-refractivity contribution is 0.0949. The molecule has 0 saturated carbocycles. The van der Waals surface area contributed by atoms with Crippen LogP contribution in [0.3, 0.4) is 0 Å². The molecule has 0 saturated heterocycles. The van der Waals surface area contributed by atoms with Gasteiger partial charge in [0.2, 0.25) is 0 Å². The minimum atomic E-state index is -0.408. The van der Waals surface area contributed by atoms with Crippen LogP contribution in [0.4, 0.5) is 0 Å². The third-order valence-electron chi connectivity index (χ3n) is 3.87. The molecule has 1 heterocycles. The van der Waals surface area contributed by atoms with E-state index in [1.807, 2.05) is 19.9 Å². The van der Waals surface area contributed by atoms with E-state index < -0.39 is 5.91 Å². The maximum atomic E-state index is 12.5. The van der Waals surface area contributed by atoms with Crippen LogP contribution in [0.25, 0.3) is 10.8 Å². The van der Waals surface area contributed by atoms with E-state index in [9.17, 15) is 9.59 Å². The predicted molar refractivity (Wildman–Crippen MR) is 89.6 cm³/mol. The summed E-state index contributed by atoms with van der Waals surface area (Å²) in [6.45, 7) is 4.26. The quantitative estimate of drug-likeness (QED) is 0.883. The molecule has 3 rings (SSSR count). The lowest BCUT2D eigenvalue weighted by Gasteiger charge is -2.08. The first-order chi connectivity index (χ1) is 11.1. The molecule has 0 unspecified atom stereocenters. The Morgan fingerprint density at radius 3 is 2.70 bits per heavy atom. The van der Waals surface area contributed by atoms with E-state index in [0.29, 0.717) is 17.3 Å². The summed E-state index contributed by atoms with van der Waals surface area (Å²) in [7, 11) is 0. The van der Waals surface area contributed by atoms with Gasteiger partial charge < -0.3 is 0 Å². The molecule has 6 heteroatoms. The number of carbonyl (C=O) groups is 1. The van der Waals surface area contributed by atoms with Gasteiger partial charge in [0, 0.05) is 11.9 Å². The highest BCUT2D eigenvalue weighted by molar-refractivity contribution is 6.05. The minimum absolute atomic E-state index is 0.194. The SMILES string of the molecule is CCn1nc(C(=O)N/N=C2\C=C(C)CC2)c2ccccc2c1=O. The zero-order chi connectivity index (χ0) is 16.4. The summed E-state index contributed by atoms with van der Waals surface area (Å²) in [6.07, 6.45) is 3.77. The van der Waals surface area contributed by atoms with E-state index in [1.54, 1.807) is 24.3 Å². The van der Waals surface area contributed by atoms with E-state index in [0.717, 1.165) is 18.6 Å². The average Bonchev–Trinajstić information content (AvgIpc) is 2.99.